The Hall–Kier alpha value is -3.98. The lowest BCUT2D eigenvalue weighted by molar-refractivity contribution is -0.309. The zero-order valence-corrected chi connectivity index (χ0v) is 32.8. The normalized spacial score (nSPS) is 17.0. The average Bonchev–Trinajstić information content (AvgIpc) is 3.23. The molecule has 0 bridgehead atoms. The van der Waals surface area contributed by atoms with Crippen LogP contribution in [0.1, 0.15) is 31.2 Å². The Balaban J connectivity index is 0.000000807. The molecule has 0 aromatic heterocycles. The second-order valence-electron chi connectivity index (χ2n) is 12.5. The number of hydrogen-bond acceptors (Lipinski definition) is 18. The largest absolute Gasteiger partial charge is 0.508 e. The number of hydrogen-bond donors (Lipinski definition) is 6. The van der Waals surface area contributed by atoms with Crippen LogP contribution in [0.2, 0.25) is 0 Å². The molecule has 2 aromatic rings. The van der Waals surface area contributed by atoms with Crippen molar-refractivity contribution in [1.29, 1.82) is 0 Å². The van der Waals surface area contributed by atoms with Crippen LogP contribution in [0.3, 0.4) is 0 Å². The van der Waals surface area contributed by atoms with Gasteiger partial charge in [-0.2, -0.15) is 13.9 Å². The van der Waals surface area contributed by atoms with Gasteiger partial charge in [0.15, 0.2) is 0 Å². The number of halogens is 5. The summed E-state index contributed by atoms with van der Waals surface area (Å²) in [4.78, 5) is 15.9. The number of phenols is 1. The van der Waals surface area contributed by atoms with Gasteiger partial charge in [-0.25, -0.2) is 13.2 Å². The van der Waals surface area contributed by atoms with Gasteiger partial charge in [-0.1, -0.05) is 17.4 Å². The number of benzene rings is 2. The number of carbonyl (C=O) groups excluding carboxylic acids is 1. The highest BCUT2D eigenvalue weighted by Crippen LogP contribution is 2.29. The van der Waals surface area contributed by atoms with E-state index in [9.17, 15) is 37.0 Å². The smallest absolute Gasteiger partial charge is 0.313 e. The number of hydroxylamine groups is 2. The maximum atomic E-state index is 13.5. The highest BCUT2D eigenvalue weighted by Gasteiger charge is 2.29. The molecular weight excluding hydrogens is 819 g/mol. The molecule has 23 heteroatoms. The van der Waals surface area contributed by atoms with E-state index in [-0.39, 0.29) is 56.7 Å². The molecule has 0 spiro atoms. The van der Waals surface area contributed by atoms with Gasteiger partial charge in [0, 0.05) is 19.1 Å². The summed E-state index contributed by atoms with van der Waals surface area (Å²) in [6, 6.07) is 6.78. The number of nitrogens with zero attached hydrogens (tertiary/aromatic N) is 3. The molecule has 2 aromatic carbocycles. The third-order valence-corrected chi connectivity index (χ3v) is 7.90. The lowest BCUT2D eigenvalue weighted by Gasteiger charge is -2.30. The quantitative estimate of drug-likeness (QED) is 0.00828. The van der Waals surface area contributed by atoms with E-state index in [1.807, 2.05) is 0 Å². The number of aliphatic imine (C=N–C) groups is 1. The van der Waals surface area contributed by atoms with E-state index in [0.717, 1.165) is 5.56 Å². The summed E-state index contributed by atoms with van der Waals surface area (Å²) in [5.41, 5.74) is 1.54. The van der Waals surface area contributed by atoms with E-state index in [1.54, 1.807) is 30.5 Å². The van der Waals surface area contributed by atoms with Gasteiger partial charge in [0.05, 0.1) is 123 Å². The Morgan fingerprint density at radius 3 is 1.82 bits per heavy atom. The molecule has 1 fully saturated rings. The lowest BCUT2D eigenvalue weighted by Crippen LogP contribution is -2.42. The standard InChI is InChI=1S/C30H38F5N3O9.C7H15NO5/c31-25-26(32)28(34)30(29(35)27(25)33)47-24(40)6-9-42-11-13-44-15-16-45-14-12-43-10-7-37-19-22(38-36)5-8-41-17-18-46-20-21-1-3-23(39)4-2-21;9-6-3-5(1-2-8(11)12)13-4-7(6)10/h1-4,19,39H,5-18,20,36H2;5-7,9-12H,1-4H2/b37-19?,38-22-;. The van der Waals surface area contributed by atoms with E-state index in [1.165, 1.54) is 0 Å². The fourth-order valence-corrected chi connectivity index (χ4v) is 4.69. The van der Waals surface area contributed by atoms with E-state index in [0.29, 0.717) is 84.4 Å². The Morgan fingerprint density at radius 1 is 0.750 bits per heavy atom. The number of phenolic OH excluding ortho intramolecular Hbond substituents is 1. The number of rotatable bonds is 28. The van der Waals surface area contributed by atoms with Gasteiger partial charge >= 0.3 is 5.97 Å². The summed E-state index contributed by atoms with van der Waals surface area (Å²) in [6.07, 6.45) is 0.488. The van der Waals surface area contributed by atoms with Gasteiger partial charge in [0.25, 0.3) is 0 Å². The van der Waals surface area contributed by atoms with Crippen molar-refractivity contribution in [2.24, 2.45) is 15.9 Å². The third-order valence-electron chi connectivity index (χ3n) is 7.90. The number of carbonyl (C=O) groups is 1. The number of esters is 1. The van der Waals surface area contributed by atoms with Crippen LogP contribution in [0.5, 0.6) is 11.5 Å². The molecule has 1 aliphatic heterocycles. The van der Waals surface area contributed by atoms with E-state index >= 15 is 0 Å². The van der Waals surface area contributed by atoms with Crippen LogP contribution in [0, 0.1) is 29.1 Å². The average molecular weight is 873 g/mol. The molecule has 0 saturated carbocycles. The molecule has 340 valence electrons. The monoisotopic (exact) mass is 872 g/mol. The van der Waals surface area contributed by atoms with E-state index in [2.05, 4.69) is 14.8 Å². The van der Waals surface area contributed by atoms with Crippen molar-refractivity contribution in [3.63, 3.8) is 0 Å². The molecule has 0 amide bonds. The van der Waals surface area contributed by atoms with Crippen molar-refractivity contribution in [3.8, 4) is 11.5 Å². The number of aliphatic hydroxyl groups is 2. The molecule has 3 unspecified atom stereocenters. The molecule has 7 N–H and O–H groups in total. The minimum Gasteiger partial charge on any atom is -0.508 e. The SMILES string of the molecule is N/N=C(\C=NCCOCCOCCOCCOCCC(=O)Oc1c(F)c(F)c(F)c(F)c1F)CCOCCOCc1ccc(O)cc1.OC1COC(CCN(O)O)CC1O. The third kappa shape index (κ3) is 22.0. The van der Waals surface area contributed by atoms with Gasteiger partial charge in [-0.3, -0.25) is 20.2 Å². The van der Waals surface area contributed by atoms with Crippen LogP contribution >= 0.6 is 0 Å². The van der Waals surface area contributed by atoms with Gasteiger partial charge in [-0.05, 0) is 24.1 Å². The maximum Gasteiger partial charge on any atom is 0.313 e. The van der Waals surface area contributed by atoms with Gasteiger partial charge in [0.2, 0.25) is 34.8 Å². The molecule has 0 radical (unpaired) electrons. The number of nitrogens with two attached hydrogens (primary N) is 1. The molecule has 3 atom stereocenters. The van der Waals surface area contributed by atoms with E-state index in [4.69, 9.17) is 54.5 Å². The Labute approximate surface area is 342 Å². The Morgan fingerprint density at radius 2 is 1.27 bits per heavy atom. The molecule has 18 nitrogen and oxygen atoms in total. The Kier molecular flexibility index (Phi) is 26.9. The molecule has 3 rings (SSSR count). The van der Waals surface area contributed by atoms with Gasteiger partial charge in [-0.15, -0.1) is 0 Å². The van der Waals surface area contributed by atoms with Crippen molar-refractivity contribution >= 4 is 17.9 Å². The highest BCUT2D eigenvalue weighted by atomic mass is 19.2. The first-order chi connectivity index (χ1) is 28.8. The van der Waals surface area contributed by atoms with Crippen LogP contribution in [-0.2, 0) is 44.6 Å². The molecule has 1 heterocycles. The highest BCUT2D eigenvalue weighted by molar-refractivity contribution is 6.30. The molecular formula is C37H53F5N4O14. The van der Waals surface area contributed by atoms with Crippen LogP contribution in [-0.4, -0.2) is 160 Å². The minimum absolute atomic E-state index is 0.0630. The number of aliphatic hydroxyl groups excluding tert-OH is 2. The molecule has 1 aliphatic rings. The van der Waals surface area contributed by atoms with E-state index < -0.39 is 59.4 Å². The van der Waals surface area contributed by atoms with Crippen molar-refractivity contribution in [2.75, 3.05) is 92.4 Å². The second-order valence-corrected chi connectivity index (χ2v) is 12.5. The number of ether oxygens (including phenoxy) is 8. The zero-order valence-electron chi connectivity index (χ0n) is 32.8. The zero-order chi connectivity index (χ0) is 44.1. The van der Waals surface area contributed by atoms with Crippen molar-refractivity contribution in [1.82, 2.24) is 5.23 Å². The van der Waals surface area contributed by atoms with Crippen molar-refractivity contribution < 1.29 is 90.4 Å². The summed E-state index contributed by atoms with van der Waals surface area (Å²) in [5.74, 6) is -8.57. The first-order valence-corrected chi connectivity index (χ1v) is 18.7. The Bertz CT molecular complexity index is 1540. The summed E-state index contributed by atoms with van der Waals surface area (Å²) in [7, 11) is 0. The van der Waals surface area contributed by atoms with Crippen molar-refractivity contribution in [2.45, 2.75) is 50.6 Å². The maximum absolute atomic E-state index is 13.5. The fraction of sp³-hybridized carbons (Fsp3) is 0.595. The summed E-state index contributed by atoms with van der Waals surface area (Å²) in [6.45, 7) is 3.83. The summed E-state index contributed by atoms with van der Waals surface area (Å²) in [5, 5.41) is 48.2. The molecule has 0 aliphatic carbocycles. The fourth-order valence-electron chi connectivity index (χ4n) is 4.69. The molecule has 1 saturated heterocycles. The molecule has 60 heavy (non-hydrogen) atoms. The second kappa shape index (κ2) is 31.0. The topological polar surface area (TPSA) is 246 Å². The van der Waals surface area contributed by atoms with Crippen LogP contribution < -0.4 is 10.6 Å². The number of hydrazone groups is 1. The number of aromatic hydroxyl groups is 1. The first-order valence-electron chi connectivity index (χ1n) is 18.7. The van der Waals surface area contributed by atoms with Crippen LogP contribution in [0.15, 0.2) is 34.4 Å². The van der Waals surface area contributed by atoms with Gasteiger partial charge < -0.3 is 59.1 Å². The minimum atomic E-state index is -2.35. The van der Waals surface area contributed by atoms with Crippen LogP contribution in [0.25, 0.3) is 0 Å². The summed E-state index contributed by atoms with van der Waals surface area (Å²) >= 11 is 0. The summed E-state index contributed by atoms with van der Waals surface area (Å²) < 4.78 is 108. The van der Waals surface area contributed by atoms with Gasteiger partial charge in [0.1, 0.15) is 11.9 Å². The predicted molar refractivity (Wildman–Crippen MR) is 199 cm³/mol. The first kappa shape index (κ1) is 52.2. The predicted octanol–water partition coefficient (Wildman–Crippen LogP) is 2.43. The lowest BCUT2D eigenvalue weighted by atomic mass is 10.0. The van der Waals surface area contributed by atoms with Crippen molar-refractivity contribution in [3.05, 3.63) is 58.9 Å². The van der Waals surface area contributed by atoms with Crippen LogP contribution in [0.4, 0.5) is 22.0 Å².